The molecule has 0 amide bonds. The van der Waals surface area contributed by atoms with Crippen molar-refractivity contribution in [2.75, 3.05) is 7.11 Å². The van der Waals surface area contributed by atoms with Gasteiger partial charge in [0.15, 0.2) is 0 Å². The average molecular weight is 246 g/mol. The van der Waals surface area contributed by atoms with Gasteiger partial charge in [0.05, 0.1) is 7.11 Å². The van der Waals surface area contributed by atoms with E-state index in [-0.39, 0.29) is 5.92 Å². The Balaban J connectivity index is 2.56. The van der Waals surface area contributed by atoms with Crippen molar-refractivity contribution < 1.29 is 14.3 Å². The van der Waals surface area contributed by atoms with Crippen LogP contribution in [0.15, 0.2) is 36.4 Å². The third-order valence-electron chi connectivity index (χ3n) is 2.72. The number of carbonyl (C=O) groups is 2. The number of aldehydes is 2. The molecular formula is C15H18O3. The zero-order chi connectivity index (χ0) is 13.2. The fraction of sp³-hybridized carbons (Fsp3) is 0.333. The van der Waals surface area contributed by atoms with Gasteiger partial charge < -0.3 is 14.3 Å². The van der Waals surface area contributed by atoms with Gasteiger partial charge in [0, 0.05) is 12.3 Å². The van der Waals surface area contributed by atoms with Gasteiger partial charge in [0.25, 0.3) is 0 Å². The molecule has 18 heavy (non-hydrogen) atoms. The Kier molecular flexibility index (Phi) is 6.47. The third kappa shape index (κ3) is 4.53. The Morgan fingerprint density at radius 3 is 2.39 bits per heavy atom. The number of benzene rings is 1. The number of allylic oxidation sites excluding steroid dienone is 2. The van der Waals surface area contributed by atoms with Crippen LogP contribution in [-0.4, -0.2) is 19.7 Å². The first-order valence-electron chi connectivity index (χ1n) is 5.99. The molecule has 96 valence electrons. The summed E-state index contributed by atoms with van der Waals surface area (Å²) in [7, 11) is 1.61. The number of unbranched alkanes of at least 4 members (excludes halogenated alkanes) is 1. The molecule has 0 aliphatic rings. The summed E-state index contributed by atoms with van der Waals surface area (Å²) in [6.45, 7) is 0. The molecule has 0 heterocycles. The lowest BCUT2D eigenvalue weighted by Gasteiger charge is -2.08. The van der Waals surface area contributed by atoms with Crippen molar-refractivity contribution in [1.82, 2.24) is 0 Å². The predicted molar refractivity (Wildman–Crippen MR) is 70.9 cm³/mol. The van der Waals surface area contributed by atoms with Gasteiger partial charge in [0.2, 0.25) is 0 Å². The summed E-state index contributed by atoms with van der Waals surface area (Å²) < 4.78 is 5.07. The molecule has 3 nitrogen and oxygen atoms in total. The molecule has 0 fully saturated rings. The van der Waals surface area contributed by atoms with Crippen molar-refractivity contribution in [2.45, 2.75) is 25.2 Å². The van der Waals surface area contributed by atoms with E-state index in [4.69, 9.17) is 4.74 Å². The monoisotopic (exact) mass is 246 g/mol. The molecule has 0 aliphatic carbocycles. The van der Waals surface area contributed by atoms with Crippen molar-refractivity contribution in [3.63, 3.8) is 0 Å². The Hall–Kier alpha value is -1.90. The van der Waals surface area contributed by atoms with Gasteiger partial charge >= 0.3 is 0 Å². The Morgan fingerprint density at radius 2 is 1.83 bits per heavy atom. The summed E-state index contributed by atoms with van der Waals surface area (Å²) in [5.74, 6) is 0.647. The molecule has 0 aliphatic heterocycles. The first-order valence-corrected chi connectivity index (χ1v) is 5.99. The highest BCUT2D eigenvalue weighted by molar-refractivity contribution is 5.62. The van der Waals surface area contributed by atoms with E-state index in [1.807, 2.05) is 36.4 Å². The molecule has 0 spiro atoms. The lowest BCUT2D eigenvalue weighted by atomic mass is 9.97. The van der Waals surface area contributed by atoms with Crippen LogP contribution < -0.4 is 4.74 Å². The maximum Gasteiger partial charge on any atom is 0.127 e. The van der Waals surface area contributed by atoms with E-state index in [1.54, 1.807) is 7.11 Å². The number of rotatable bonds is 8. The molecule has 1 aromatic rings. The van der Waals surface area contributed by atoms with Gasteiger partial charge in [-0.3, -0.25) is 0 Å². The summed E-state index contributed by atoms with van der Waals surface area (Å²) in [5, 5.41) is 0. The maximum atomic E-state index is 11.1. The fourth-order valence-corrected chi connectivity index (χ4v) is 1.65. The lowest BCUT2D eigenvalue weighted by molar-refractivity contribution is -0.109. The van der Waals surface area contributed by atoms with Crippen LogP contribution in [0.5, 0.6) is 5.75 Å². The SMILES string of the molecule is COc1ccc(C(C=O)C/C=C/CCC=O)cc1. The molecule has 0 saturated heterocycles. The number of carbonyl (C=O) groups excluding carboxylic acids is 2. The first kappa shape index (κ1) is 14.2. The van der Waals surface area contributed by atoms with E-state index < -0.39 is 0 Å². The normalized spacial score (nSPS) is 12.3. The zero-order valence-corrected chi connectivity index (χ0v) is 10.5. The Labute approximate surface area is 107 Å². The van der Waals surface area contributed by atoms with Gasteiger partial charge in [-0.1, -0.05) is 24.3 Å². The van der Waals surface area contributed by atoms with Crippen molar-refractivity contribution >= 4 is 12.6 Å². The topological polar surface area (TPSA) is 43.4 Å². The quantitative estimate of drug-likeness (QED) is 0.402. The zero-order valence-electron chi connectivity index (χ0n) is 10.5. The molecule has 0 N–H and O–H groups in total. The van der Waals surface area contributed by atoms with Crippen molar-refractivity contribution in [2.24, 2.45) is 0 Å². The van der Waals surface area contributed by atoms with Gasteiger partial charge in [0.1, 0.15) is 18.3 Å². The molecular weight excluding hydrogens is 228 g/mol. The smallest absolute Gasteiger partial charge is 0.127 e. The maximum absolute atomic E-state index is 11.1. The standard InChI is InChI=1S/C15H18O3/c1-18-15-9-7-13(8-10-15)14(12-17)6-4-2-3-5-11-16/h2,4,7-12,14H,3,5-6H2,1H3/b4-2+. The molecule has 0 bridgehead atoms. The highest BCUT2D eigenvalue weighted by Crippen LogP contribution is 2.21. The van der Waals surface area contributed by atoms with Crippen LogP contribution in [0.4, 0.5) is 0 Å². The molecule has 1 rings (SSSR count). The van der Waals surface area contributed by atoms with Crippen LogP contribution >= 0.6 is 0 Å². The third-order valence-corrected chi connectivity index (χ3v) is 2.72. The van der Waals surface area contributed by atoms with Crippen LogP contribution in [0, 0.1) is 0 Å². The second kappa shape index (κ2) is 8.23. The van der Waals surface area contributed by atoms with Crippen LogP contribution in [-0.2, 0) is 9.59 Å². The molecule has 0 saturated carbocycles. The summed E-state index contributed by atoms with van der Waals surface area (Å²) >= 11 is 0. The lowest BCUT2D eigenvalue weighted by Crippen LogP contribution is -1.98. The van der Waals surface area contributed by atoms with Crippen LogP contribution in [0.3, 0.4) is 0 Å². The van der Waals surface area contributed by atoms with Gasteiger partial charge in [-0.25, -0.2) is 0 Å². The van der Waals surface area contributed by atoms with Crippen molar-refractivity contribution in [1.29, 1.82) is 0 Å². The number of hydrogen-bond acceptors (Lipinski definition) is 3. The highest BCUT2D eigenvalue weighted by Gasteiger charge is 2.08. The first-order chi connectivity index (χ1) is 8.81. The van der Waals surface area contributed by atoms with Crippen molar-refractivity contribution in [3.05, 3.63) is 42.0 Å². The molecule has 1 atom stereocenters. The Morgan fingerprint density at radius 1 is 1.11 bits per heavy atom. The van der Waals surface area contributed by atoms with Crippen LogP contribution in [0.1, 0.15) is 30.7 Å². The number of hydrogen-bond donors (Lipinski definition) is 0. The van der Waals surface area contributed by atoms with E-state index in [2.05, 4.69) is 0 Å². The molecule has 1 aromatic carbocycles. The van der Waals surface area contributed by atoms with E-state index in [0.29, 0.717) is 12.8 Å². The van der Waals surface area contributed by atoms with E-state index in [9.17, 15) is 9.59 Å². The van der Waals surface area contributed by atoms with Gasteiger partial charge in [-0.15, -0.1) is 0 Å². The molecule has 0 aromatic heterocycles. The summed E-state index contributed by atoms with van der Waals surface area (Å²) in [6, 6.07) is 7.50. The average Bonchev–Trinajstić information content (AvgIpc) is 2.43. The largest absolute Gasteiger partial charge is 0.497 e. The van der Waals surface area contributed by atoms with Gasteiger partial charge in [-0.2, -0.15) is 0 Å². The van der Waals surface area contributed by atoms with E-state index in [0.717, 1.165) is 30.3 Å². The minimum atomic E-state index is -0.136. The second-order valence-electron chi connectivity index (χ2n) is 3.97. The van der Waals surface area contributed by atoms with Crippen LogP contribution in [0.2, 0.25) is 0 Å². The molecule has 3 heteroatoms. The van der Waals surface area contributed by atoms with E-state index >= 15 is 0 Å². The highest BCUT2D eigenvalue weighted by atomic mass is 16.5. The van der Waals surface area contributed by atoms with Gasteiger partial charge in [-0.05, 0) is 30.5 Å². The van der Waals surface area contributed by atoms with E-state index in [1.165, 1.54) is 0 Å². The minimum Gasteiger partial charge on any atom is -0.497 e. The minimum absolute atomic E-state index is 0.136. The fourth-order valence-electron chi connectivity index (χ4n) is 1.65. The molecule has 1 unspecified atom stereocenters. The summed E-state index contributed by atoms with van der Waals surface area (Å²) in [6.07, 6.45) is 7.66. The second-order valence-corrected chi connectivity index (χ2v) is 3.97. The molecule has 0 radical (unpaired) electrons. The summed E-state index contributed by atoms with van der Waals surface area (Å²) in [4.78, 5) is 21.2. The predicted octanol–water partition coefficient (Wildman–Crippen LogP) is 2.90. The van der Waals surface area contributed by atoms with Crippen LogP contribution in [0.25, 0.3) is 0 Å². The number of methoxy groups -OCH3 is 1. The summed E-state index contributed by atoms with van der Waals surface area (Å²) in [5.41, 5.74) is 0.978. The Bertz CT molecular complexity index is 393. The number of ether oxygens (including phenoxy) is 1. The van der Waals surface area contributed by atoms with Crippen molar-refractivity contribution in [3.8, 4) is 5.75 Å².